The lowest BCUT2D eigenvalue weighted by atomic mass is 10.2. The first-order valence-corrected chi connectivity index (χ1v) is 7.32. The van der Waals surface area contributed by atoms with E-state index in [4.69, 9.17) is 4.74 Å². The van der Waals surface area contributed by atoms with E-state index < -0.39 is 0 Å². The Balaban J connectivity index is 2.13. The Morgan fingerprint density at radius 3 is 2.74 bits per heavy atom. The molecule has 1 aliphatic heterocycles. The van der Waals surface area contributed by atoms with Crippen molar-refractivity contribution in [1.29, 1.82) is 0 Å². The van der Waals surface area contributed by atoms with Crippen LogP contribution >= 0.6 is 0 Å². The average molecular weight is 271 g/mol. The Morgan fingerprint density at radius 2 is 2.11 bits per heavy atom. The molecule has 0 aromatic rings. The van der Waals surface area contributed by atoms with Crippen molar-refractivity contribution in [2.24, 2.45) is 5.92 Å². The number of hydrogen-bond donors (Lipinski definition) is 2. The maximum atomic E-state index is 11.5. The molecule has 1 saturated heterocycles. The summed E-state index contributed by atoms with van der Waals surface area (Å²) in [6.45, 7) is 13.2. The largest absolute Gasteiger partial charge is 0.374 e. The number of hydrogen-bond acceptors (Lipinski definition) is 4. The Bertz CT molecular complexity index is 269. The van der Waals surface area contributed by atoms with Gasteiger partial charge in [-0.15, -0.1) is 0 Å². The van der Waals surface area contributed by atoms with Gasteiger partial charge in [0.25, 0.3) is 0 Å². The van der Waals surface area contributed by atoms with Crippen LogP contribution in [0.4, 0.5) is 0 Å². The van der Waals surface area contributed by atoms with Crippen LogP contribution in [-0.2, 0) is 9.53 Å². The van der Waals surface area contributed by atoms with Crippen molar-refractivity contribution in [3.05, 3.63) is 0 Å². The van der Waals surface area contributed by atoms with E-state index in [0.717, 1.165) is 32.8 Å². The fourth-order valence-electron chi connectivity index (χ4n) is 2.06. The number of amides is 1. The molecule has 5 nitrogen and oxygen atoms in total. The average Bonchev–Trinajstić information content (AvgIpc) is 2.36. The van der Waals surface area contributed by atoms with E-state index in [0.29, 0.717) is 18.5 Å². The molecule has 0 bridgehead atoms. The fourth-order valence-corrected chi connectivity index (χ4v) is 2.06. The minimum atomic E-state index is 0.0604. The maximum Gasteiger partial charge on any atom is 0.233 e. The molecule has 0 aromatic heterocycles. The van der Waals surface area contributed by atoms with Crippen molar-refractivity contribution in [3.63, 3.8) is 0 Å². The molecule has 0 aliphatic carbocycles. The summed E-state index contributed by atoms with van der Waals surface area (Å²) in [7, 11) is 0. The zero-order valence-electron chi connectivity index (χ0n) is 12.7. The van der Waals surface area contributed by atoms with Gasteiger partial charge in [0.05, 0.1) is 19.3 Å². The fraction of sp³-hybridized carbons (Fsp3) is 0.929. The Hall–Kier alpha value is -0.650. The van der Waals surface area contributed by atoms with E-state index in [9.17, 15) is 4.79 Å². The number of morpholine rings is 1. The van der Waals surface area contributed by atoms with Gasteiger partial charge in [0.2, 0.25) is 5.91 Å². The number of carbonyl (C=O) groups excluding carboxylic acids is 1. The van der Waals surface area contributed by atoms with Gasteiger partial charge >= 0.3 is 0 Å². The standard InChI is InChI=1S/C14H29N3O2/c1-11(2)7-16-14(18)9-15-8-13-10-17(12(3)4)5-6-19-13/h11-13,15H,5-10H2,1-4H3,(H,16,18). The Kier molecular flexibility index (Phi) is 7.34. The number of nitrogens with one attached hydrogen (secondary N) is 2. The molecule has 2 N–H and O–H groups in total. The first-order chi connectivity index (χ1) is 8.99. The SMILES string of the molecule is CC(C)CNC(=O)CNCC1CN(C(C)C)CCO1. The van der Waals surface area contributed by atoms with Crippen molar-refractivity contribution in [2.45, 2.75) is 39.8 Å². The molecule has 0 aromatic carbocycles. The molecule has 1 aliphatic rings. The molecule has 1 rings (SSSR count). The van der Waals surface area contributed by atoms with Gasteiger partial charge in [-0.3, -0.25) is 9.69 Å². The number of rotatable bonds is 7. The molecule has 1 atom stereocenters. The van der Waals surface area contributed by atoms with E-state index in [1.165, 1.54) is 0 Å². The summed E-state index contributed by atoms with van der Waals surface area (Å²) in [5, 5.41) is 6.07. The number of nitrogens with zero attached hydrogens (tertiary/aromatic N) is 1. The highest BCUT2D eigenvalue weighted by Crippen LogP contribution is 2.07. The molecule has 0 spiro atoms. The summed E-state index contributed by atoms with van der Waals surface area (Å²) >= 11 is 0. The highest BCUT2D eigenvalue weighted by molar-refractivity contribution is 5.77. The van der Waals surface area contributed by atoms with Crippen LogP contribution in [0.1, 0.15) is 27.7 Å². The lowest BCUT2D eigenvalue weighted by Gasteiger charge is -2.35. The van der Waals surface area contributed by atoms with Crippen molar-refractivity contribution in [1.82, 2.24) is 15.5 Å². The van der Waals surface area contributed by atoms with Gasteiger partial charge in [-0.05, 0) is 19.8 Å². The van der Waals surface area contributed by atoms with Crippen molar-refractivity contribution in [2.75, 3.05) is 39.3 Å². The third-order valence-electron chi connectivity index (χ3n) is 3.27. The van der Waals surface area contributed by atoms with E-state index >= 15 is 0 Å². The Labute approximate surface area is 117 Å². The third-order valence-corrected chi connectivity index (χ3v) is 3.27. The van der Waals surface area contributed by atoms with Crippen LogP contribution < -0.4 is 10.6 Å². The van der Waals surface area contributed by atoms with E-state index in [1.807, 2.05) is 0 Å². The summed E-state index contributed by atoms with van der Waals surface area (Å²) in [5.41, 5.74) is 0. The number of carbonyl (C=O) groups is 1. The molecule has 5 heteroatoms. The Morgan fingerprint density at radius 1 is 1.37 bits per heavy atom. The van der Waals surface area contributed by atoms with Gasteiger partial charge in [-0.1, -0.05) is 13.8 Å². The van der Waals surface area contributed by atoms with Gasteiger partial charge in [0.15, 0.2) is 0 Å². The lowest BCUT2D eigenvalue weighted by Crippen LogP contribution is -2.50. The second kappa shape index (κ2) is 8.51. The topological polar surface area (TPSA) is 53.6 Å². The zero-order valence-corrected chi connectivity index (χ0v) is 12.7. The molecule has 0 saturated carbocycles. The maximum absolute atomic E-state index is 11.5. The van der Waals surface area contributed by atoms with E-state index in [-0.39, 0.29) is 12.0 Å². The summed E-state index contributed by atoms with van der Waals surface area (Å²) in [6.07, 6.45) is 0.189. The van der Waals surface area contributed by atoms with Gasteiger partial charge < -0.3 is 15.4 Å². The summed E-state index contributed by atoms with van der Waals surface area (Å²) in [6, 6.07) is 0.556. The normalized spacial score (nSPS) is 21.1. The van der Waals surface area contributed by atoms with Crippen LogP contribution in [0, 0.1) is 5.92 Å². The highest BCUT2D eigenvalue weighted by Gasteiger charge is 2.21. The lowest BCUT2D eigenvalue weighted by molar-refractivity contribution is -0.120. The van der Waals surface area contributed by atoms with Gasteiger partial charge in [-0.25, -0.2) is 0 Å². The van der Waals surface area contributed by atoms with Crippen molar-refractivity contribution in [3.8, 4) is 0 Å². The van der Waals surface area contributed by atoms with Crippen LogP contribution in [0.5, 0.6) is 0 Å². The predicted octanol–water partition coefficient (Wildman–Crippen LogP) is 0.457. The quantitative estimate of drug-likeness (QED) is 0.706. The van der Waals surface area contributed by atoms with Gasteiger partial charge in [0, 0.05) is 32.2 Å². The molecule has 1 heterocycles. The molecule has 1 fully saturated rings. The summed E-state index contributed by atoms with van der Waals surface area (Å²) in [5.74, 6) is 0.551. The third kappa shape index (κ3) is 6.89. The van der Waals surface area contributed by atoms with Crippen molar-refractivity contribution < 1.29 is 9.53 Å². The molecule has 0 radical (unpaired) electrons. The van der Waals surface area contributed by atoms with Crippen LogP contribution in [-0.4, -0.2) is 62.3 Å². The smallest absolute Gasteiger partial charge is 0.233 e. The van der Waals surface area contributed by atoms with Gasteiger partial charge in [0.1, 0.15) is 0 Å². The van der Waals surface area contributed by atoms with E-state index in [2.05, 4.69) is 43.2 Å². The zero-order chi connectivity index (χ0) is 14.3. The monoisotopic (exact) mass is 271 g/mol. The summed E-state index contributed by atoms with van der Waals surface area (Å²) in [4.78, 5) is 13.9. The number of ether oxygens (including phenoxy) is 1. The van der Waals surface area contributed by atoms with Crippen molar-refractivity contribution >= 4 is 5.91 Å². The minimum Gasteiger partial charge on any atom is -0.374 e. The first kappa shape index (κ1) is 16.4. The first-order valence-electron chi connectivity index (χ1n) is 7.32. The highest BCUT2D eigenvalue weighted by atomic mass is 16.5. The molecular formula is C14H29N3O2. The molecule has 112 valence electrons. The molecular weight excluding hydrogens is 242 g/mol. The summed E-state index contributed by atoms with van der Waals surface area (Å²) < 4.78 is 5.70. The van der Waals surface area contributed by atoms with Crippen LogP contribution in [0.3, 0.4) is 0 Å². The van der Waals surface area contributed by atoms with Crippen LogP contribution in [0.2, 0.25) is 0 Å². The second-order valence-electron chi connectivity index (χ2n) is 5.91. The molecule has 1 amide bonds. The molecule has 19 heavy (non-hydrogen) atoms. The van der Waals surface area contributed by atoms with Crippen LogP contribution in [0.15, 0.2) is 0 Å². The van der Waals surface area contributed by atoms with Crippen LogP contribution in [0.25, 0.3) is 0 Å². The van der Waals surface area contributed by atoms with Gasteiger partial charge in [-0.2, -0.15) is 0 Å². The predicted molar refractivity (Wildman–Crippen MR) is 77.2 cm³/mol. The molecule has 1 unspecified atom stereocenters. The minimum absolute atomic E-state index is 0.0604. The van der Waals surface area contributed by atoms with E-state index in [1.54, 1.807) is 0 Å². The second-order valence-corrected chi connectivity index (χ2v) is 5.91.